The lowest BCUT2D eigenvalue weighted by molar-refractivity contribution is -0.137. The first-order chi connectivity index (χ1) is 9.85. The Morgan fingerprint density at radius 2 is 1.86 bits per heavy atom. The van der Waals surface area contributed by atoms with Crippen LogP contribution < -0.4 is 5.73 Å². The molecular weight excluding hydrogens is 274 g/mol. The van der Waals surface area contributed by atoms with Gasteiger partial charge in [0.15, 0.2) is 0 Å². The smallest absolute Gasteiger partial charge is 0.267 e. The number of nitrogens with two attached hydrogens (primary N) is 1. The second kappa shape index (κ2) is 4.40. The molecule has 118 valence electrons. The van der Waals surface area contributed by atoms with Gasteiger partial charge in [0.2, 0.25) is 5.91 Å². The predicted molar refractivity (Wildman–Crippen MR) is 74.7 cm³/mol. The highest BCUT2D eigenvalue weighted by Crippen LogP contribution is 2.58. The molecule has 4 bridgehead atoms. The third kappa shape index (κ3) is 2.28. The molecule has 5 fully saturated rings. The van der Waals surface area contributed by atoms with Crippen molar-refractivity contribution in [3.8, 4) is 0 Å². The van der Waals surface area contributed by atoms with Crippen molar-refractivity contribution >= 4 is 5.91 Å². The lowest BCUT2D eigenvalue weighted by Crippen LogP contribution is -2.62. The maximum Gasteiger partial charge on any atom is 0.267 e. The van der Waals surface area contributed by atoms with Crippen LogP contribution >= 0.6 is 0 Å². The quantitative estimate of drug-likeness (QED) is 0.851. The van der Waals surface area contributed by atoms with Gasteiger partial charge in [0.05, 0.1) is 6.54 Å². The van der Waals surface area contributed by atoms with E-state index in [1.165, 1.54) is 24.2 Å². The standard InChI is InChI=1S/C16H24F2N2O/c17-16(18)1-2-20(9-16)14(21)6-13-12-4-10-3-11(5-12)8-15(13,19)7-10/h10-13H,1-9,19H2. The minimum Gasteiger partial charge on any atom is -0.336 e. The summed E-state index contributed by atoms with van der Waals surface area (Å²) in [4.78, 5) is 13.8. The van der Waals surface area contributed by atoms with E-state index in [4.69, 9.17) is 5.73 Å². The van der Waals surface area contributed by atoms with Crippen LogP contribution in [0.25, 0.3) is 0 Å². The van der Waals surface area contributed by atoms with Crippen LogP contribution in [0.1, 0.15) is 44.9 Å². The van der Waals surface area contributed by atoms with E-state index in [0.29, 0.717) is 12.3 Å². The van der Waals surface area contributed by atoms with E-state index in [0.717, 1.165) is 24.7 Å². The molecule has 3 atom stereocenters. The van der Waals surface area contributed by atoms with Crippen molar-refractivity contribution in [2.75, 3.05) is 13.1 Å². The Labute approximate surface area is 124 Å². The average Bonchev–Trinajstić information content (AvgIpc) is 2.73. The number of hydrogen-bond donors (Lipinski definition) is 1. The molecule has 21 heavy (non-hydrogen) atoms. The number of halogens is 2. The summed E-state index contributed by atoms with van der Waals surface area (Å²) in [6.07, 6.45) is 5.98. The molecule has 4 saturated carbocycles. The topological polar surface area (TPSA) is 46.3 Å². The summed E-state index contributed by atoms with van der Waals surface area (Å²) in [6.45, 7) is -0.196. The second-order valence-electron chi connectivity index (χ2n) is 8.07. The van der Waals surface area contributed by atoms with Crippen molar-refractivity contribution < 1.29 is 13.6 Å². The summed E-state index contributed by atoms with van der Waals surface area (Å²) in [7, 11) is 0. The third-order valence-electron chi connectivity index (χ3n) is 6.50. The van der Waals surface area contributed by atoms with Crippen molar-refractivity contribution in [3.63, 3.8) is 0 Å². The first-order valence-corrected chi connectivity index (χ1v) is 8.29. The fraction of sp³-hybridized carbons (Fsp3) is 0.938. The Hall–Kier alpha value is -0.710. The molecule has 1 saturated heterocycles. The molecule has 0 spiro atoms. The monoisotopic (exact) mass is 298 g/mol. The van der Waals surface area contributed by atoms with Crippen LogP contribution in [0.4, 0.5) is 8.78 Å². The minimum absolute atomic E-state index is 0.102. The van der Waals surface area contributed by atoms with E-state index in [-0.39, 0.29) is 30.3 Å². The lowest BCUT2D eigenvalue weighted by atomic mass is 9.48. The number of carbonyl (C=O) groups is 1. The number of carbonyl (C=O) groups excluding carboxylic acids is 1. The zero-order valence-electron chi connectivity index (χ0n) is 12.4. The van der Waals surface area contributed by atoms with Gasteiger partial charge in [-0.3, -0.25) is 4.79 Å². The highest BCUT2D eigenvalue weighted by molar-refractivity contribution is 5.77. The van der Waals surface area contributed by atoms with E-state index in [1.54, 1.807) is 0 Å². The van der Waals surface area contributed by atoms with Gasteiger partial charge in [0, 0.05) is 24.9 Å². The van der Waals surface area contributed by atoms with Crippen LogP contribution in [-0.2, 0) is 4.79 Å². The highest BCUT2D eigenvalue weighted by atomic mass is 19.3. The molecule has 5 heteroatoms. The molecule has 1 amide bonds. The van der Waals surface area contributed by atoms with Crippen molar-refractivity contribution in [3.05, 3.63) is 0 Å². The van der Waals surface area contributed by atoms with Crippen molar-refractivity contribution in [2.45, 2.75) is 56.4 Å². The third-order valence-corrected chi connectivity index (χ3v) is 6.50. The number of hydrogen-bond acceptors (Lipinski definition) is 2. The molecule has 0 radical (unpaired) electrons. The van der Waals surface area contributed by atoms with E-state index in [1.807, 2.05) is 0 Å². The summed E-state index contributed by atoms with van der Waals surface area (Å²) >= 11 is 0. The van der Waals surface area contributed by atoms with Gasteiger partial charge < -0.3 is 10.6 Å². The zero-order valence-corrected chi connectivity index (χ0v) is 12.4. The van der Waals surface area contributed by atoms with Gasteiger partial charge in [-0.2, -0.15) is 0 Å². The molecule has 3 nitrogen and oxygen atoms in total. The van der Waals surface area contributed by atoms with Crippen molar-refractivity contribution in [2.24, 2.45) is 29.4 Å². The van der Waals surface area contributed by atoms with E-state index in [2.05, 4.69) is 0 Å². The first kappa shape index (κ1) is 13.9. The number of rotatable bonds is 2. The van der Waals surface area contributed by atoms with Crippen LogP contribution in [0.5, 0.6) is 0 Å². The maximum absolute atomic E-state index is 13.3. The first-order valence-electron chi connectivity index (χ1n) is 8.29. The Kier molecular flexibility index (Phi) is 2.92. The van der Waals surface area contributed by atoms with Gasteiger partial charge in [-0.15, -0.1) is 0 Å². The second-order valence-corrected chi connectivity index (χ2v) is 8.07. The summed E-state index contributed by atoms with van der Waals surface area (Å²) in [5.41, 5.74) is 6.44. The van der Waals surface area contributed by atoms with Crippen LogP contribution in [-0.4, -0.2) is 35.4 Å². The number of amides is 1. The minimum atomic E-state index is -2.69. The van der Waals surface area contributed by atoms with Gasteiger partial charge in [0.1, 0.15) is 0 Å². The molecule has 5 rings (SSSR count). The largest absolute Gasteiger partial charge is 0.336 e. The van der Waals surface area contributed by atoms with Crippen LogP contribution in [0.2, 0.25) is 0 Å². The Bertz CT molecular complexity index is 453. The number of nitrogens with zero attached hydrogens (tertiary/aromatic N) is 1. The highest BCUT2D eigenvalue weighted by Gasteiger charge is 2.55. The SMILES string of the molecule is NC12CC3CC(CC(C3)C1CC(=O)N1CCC(F)(F)C1)C2. The van der Waals surface area contributed by atoms with E-state index in [9.17, 15) is 13.6 Å². The number of likely N-dealkylation sites (tertiary alicyclic amines) is 1. The fourth-order valence-corrected chi connectivity index (χ4v) is 5.84. The molecule has 0 aromatic rings. The van der Waals surface area contributed by atoms with Gasteiger partial charge in [0.25, 0.3) is 5.92 Å². The summed E-state index contributed by atoms with van der Waals surface area (Å²) in [6, 6.07) is 0. The predicted octanol–water partition coefficient (Wildman–Crippen LogP) is 2.40. The molecule has 0 aromatic heterocycles. The summed E-state index contributed by atoms with van der Waals surface area (Å²) in [5, 5.41) is 0. The molecular formula is C16H24F2N2O. The lowest BCUT2D eigenvalue weighted by Gasteiger charge is -2.60. The molecule has 3 unspecified atom stereocenters. The molecule has 1 aliphatic heterocycles. The molecule has 0 aromatic carbocycles. The molecule has 2 N–H and O–H groups in total. The Morgan fingerprint density at radius 1 is 1.19 bits per heavy atom. The van der Waals surface area contributed by atoms with E-state index < -0.39 is 12.5 Å². The summed E-state index contributed by atoms with van der Waals surface area (Å²) in [5.74, 6) is -0.542. The van der Waals surface area contributed by atoms with E-state index >= 15 is 0 Å². The molecule has 4 aliphatic carbocycles. The molecule has 5 aliphatic rings. The van der Waals surface area contributed by atoms with Gasteiger partial charge in [-0.25, -0.2) is 8.78 Å². The maximum atomic E-state index is 13.3. The van der Waals surface area contributed by atoms with Crippen molar-refractivity contribution in [1.82, 2.24) is 4.90 Å². The van der Waals surface area contributed by atoms with Gasteiger partial charge in [-0.05, 0) is 55.8 Å². The van der Waals surface area contributed by atoms with Crippen LogP contribution in [0.3, 0.4) is 0 Å². The van der Waals surface area contributed by atoms with Crippen molar-refractivity contribution in [1.29, 1.82) is 0 Å². The van der Waals surface area contributed by atoms with Crippen LogP contribution in [0, 0.1) is 23.7 Å². The fourth-order valence-electron chi connectivity index (χ4n) is 5.84. The zero-order chi connectivity index (χ0) is 14.8. The Balaban J connectivity index is 1.46. The average molecular weight is 298 g/mol. The van der Waals surface area contributed by atoms with Gasteiger partial charge >= 0.3 is 0 Å². The van der Waals surface area contributed by atoms with Crippen LogP contribution in [0.15, 0.2) is 0 Å². The number of alkyl halides is 2. The molecule has 1 heterocycles. The van der Waals surface area contributed by atoms with Gasteiger partial charge in [-0.1, -0.05) is 0 Å². The summed E-state index contributed by atoms with van der Waals surface area (Å²) < 4.78 is 26.6. The Morgan fingerprint density at radius 3 is 2.38 bits per heavy atom. The normalized spacial score (nSPS) is 47.1.